The minimum Gasteiger partial charge on any atom is -0.365 e. The molecule has 4 fully saturated rings. The Hall–Kier alpha value is -7.90. The van der Waals surface area contributed by atoms with Gasteiger partial charge in [-0.2, -0.15) is 0 Å². The summed E-state index contributed by atoms with van der Waals surface area (Å²) >= 11 is 0. The van der Waals surface area contributed by atoms with Gasteiger partial charge in [-0.15, -0.1) is 0 Å². The predicted octanol–water partition coefficient (Wildman–Crippen LogP) is 4.98. The maximum atomic E-state index is 14.4. The molecule has 6 aromatic rings. The van der Waals surface area contributed by atoms with E-state index in [4.69, 9.17) is 0 Å². The first-order valence-corrected chi connectivity index (χ1v) is 27.9. The quantitative estimate of drug-likeness (QED) is 0.230. The number of hydrogen-bond donors (Lipinski definition) is 2. The predicted molar refractivity (Wildman–Crippen MR) is 280 cm³/mol. The van der Waals surface area contributed by atoms with Gasteiger partial charge in [0.15, 0.2) is 0 Å². The molecule has 0 radical (unpaired) electrons. The van der Waals surface area contributed by atoms with E-state index in [-0.39, 0.29) is 34.6 Å². The lowest BCUT2D eigenvalue weighted by molar-refractivity contribution is -0.207. The Morgan fingerprint density at radius 1 is 0.553 bits per heavy atom. The topological polar surface area (TPSA) is 196 Å². The Morgan fingerprint density at radius 3 is 1.57 bits per heavy atom. The number of aliphatic hydroxyl groups is 2. The number of benzene rings is 6. The molecular formula is C58H50N6O10S2. The first-order chi connectivity index (χ1) is 36.5. The van der Waals surface area contributed by atoms with Gasteiger partial charge in [-0.3, -0.25) is 24.1 Å². The van der Waals surface area contributed by atoms with Gasteiger partial charge in [0.2, 0.25) is 23.8 Å². The summed E-state index contributed by atoms with van der Waals surface area (Å²) in [5.41, 5.74) is 3.59. The molecule has 0 bridgehead atoms. The molecule has 2 aliphatic carbocycles. The standard InChI is InChI=1S/C29H25N3O6S.C29H25N3O4S/c1-30-24(33)25(34)31-26-28(17-29(31,36)27(30)35,21-16-15-18-9-5-6-12-20(18)21)22-13-7-8-14-23(22)32(26)39(37,38)19-10-3-2-4-11-19;1-30-18-26(33)31-25(27(30)34)17-29(22-16-15-19-9-5-6-12-21(19)22)23-13-7-8-14-24(23)32(28(29)31)37(35,36)20-10-3-2-4-11-20/h2-14,16,24,26,33,36H,15,17H2,1H3;2-14,16,25,28H,15,17-18H2,1H3/t24-,26+,28+,29-;25-,28-,29-/m10/s1. The second-order valence-electron chi connectivity index (χ2n) is 20.6. The highest BCUT2D eigenvalue weighted by molar-refractivity contribution is 7.93. The highest BCUT2D eigenvalue weighted by Gasteiger charge is 2.75. The number of allylic oxidation sites excluding steroid dienone is 2. The first kappa shape index (κ1) is 47.8. The molecule has 6 aliphatic heterocycles. The Kier molecular flexibility index (Phi) is 10.4. The normalized spacial score (nSPS) is 27.7. The SMILES string of the molecule is CN1C(=O)[C@]2(O)C[C@]3(C4=CCc5ccccc54)c4ccccc4N(S(=O)(=O)c4ccccc4)[C@@H]3N2C(=O)[C@H]1O.CN1CC(=O)N2[C@@H](C[C@]3(C4=CCc5ccccc54)c4ccccc4N(S(=O)(=O)c4ccccc4)[C@H]23)C1=O. The van der Waals surface area contributed by atoms with Crippen LogP contribution in [-0.2, 0) is 62.9 Å². The fraction of sp³-hybridized carbons (Fsp3) is 0.241. The smallest absolute Gasteiger partial charge is 0.278 e. The van der Waals surface area contributed by atoms with E-state index in [1.807, 2.05) is 66.7 Å². The Bertz CT molecular complexity index is 3820. The third kappa shape index (κ3) is 6.17. The van der Waals surface area contributed by atoms with Crippen molar-refractivity contribution in [3.05, 3.63) is 203 Å². The Balaban J connectivity index is 0.000000146. The van der Waals surface area contributed by atoms with Crippen molar-refractivity contribution in [2.24, 2.45) is 0 Å². The summed E-state index contributed by atoms with van der Waals surface area (Å²) in [6, 6.07) is 45.7. The maximum absolute atomic E-state index is 14.4. The van der Waals surface area contributed by atoms with E-state index in [0.29, 0.717) is 29.8 Å². The summed E-state index contributed by atoms with van der Waals surface area (Å²) in [4.78, 5) is 59.3. The maximum Gasteiger partial charge on any atom is 0.278 e. The largest absolute Gasteiger partial charge is 0.365 e. The number of sulfonamides is 2. The molecule has 4 amide bonds. The minimum absolute atomic E-state index is 0.000274. The molecule has 6 aromatic carbocycles. The number of anilines is 2. The molecule has 7 atom stereocenters. The number of carbonyl (C=O) groups is 4. The molecule has 6 heterocycles. The number of hydrogen-bond acceptors (Lipinski definition) is 10. The van der Waals surface area contributed by atoms with E-state index >= 15 is 0 Å². The van der Waals surface area contributed by atoms with Crippen LogP contribution in [0.2, 0.25) is 0 Å². The van der Waals surface area contributed by atoms with Crippen LogP contribution >= 0.6 is 0 Å². The number of carbonyl (C=O) groups excluding carboxylic acids is 4. The van der Waals surface area contributed by atoms with Gasteiger partial charge >= 0.3 is 0 Å². The van der Waals surface area contributed by atoms with Gasteiger partial charge in [-0.1, -0.05) is 133 Å². The monoisotopic (exact) mass is 1050 g/mol. The lowest BCUT2D eigenvalue weighted by Gasteiger charge is -2.46. The van der Waals surface area contributed by atoms with Crippen LogP contribution in [0.1, 0.15) is 46.2 Å². The van der Waals surface area contributed by atoms with E-state index in [1.54, 1.807) is 84.7 Å². The Morgan fingerprint density at radius 2 is 1.01 bits per heavy atom. The van der Waals surface area contributed by atoms with Gasteiger partial charge in [0, 0.05) is 20.5 Å². The number of piperazine rings is 2. The van der Waals surface area contributed by atoms with Crippen molar-refractivity contribution < 1.29 is 46.2 Å². The second kappa shape index (κ2) is 16.5. The molecule has 0 spiro atoms. The molecular weight excluding hydrogens is 1000 g/mol. The van der Waals surface area contributed by atoms with Gasteiger partial charge in [0.1, 0.15) is 18.4 Å². The zero-order valence-electron chi connectivity index (χ0n) is 41.2. The number of fused-ring (bicyclic) bond motifs is 12. The number of likely N-dealkylation sites (N-methyl/N-ethyl adjacent to an activating group) is 2. The lowest BCUT2D eigenvalue weighted by atomic mass is 9.70. The number of para-hydroxylation sites is 2. The molecule has 0 saturated carbocycles. The minimum atomic E-state index is -4.31. The number of aliphatic hydroxyl groups excluding tert-OH is 1. The summed E-state index contributed by atoms with van der Waals surface area (Å²) in [5, 5.41) is 22.8. The van der Waals surface area contributed by atoms with Crippen molar-refractivity contribution >= 4 is 66.2 Å². The summed E-state index contributed by atoms with van der Waals surface area (Å²) in [6.45, 7) is -0.0763. The van der Waals surface area contributed by atoms with Crippen LogP contribution in [0.5, 0.6) is 0 Å². The second-order valence-corrected chi connectivity index (χ2v) is 24.2. The molecule has 0 unspecified atom stereocenters. The summed E-state index contributed by atoms with van der Waals surface area (Å²) in [7, 11) is -5.49. The summed E-state index contributed by atoms with van der Waals surface area (Å²) in [5.74, 6) is -2.22. The van der Waals surface area contributed by atoms with E-state index in [0.717, 1.165) is 59.5 Å². The van der Waals surface area contributed by atoms with Crippen LogP contribution in [-0.4, -0.2) is 121 Å². The third-order valence-corrected chi connectivity index (χ3v) is 20.5. The van der Waals surface area contributed by atoms with Crippen LogP contribution in [0.25, 0.3) is 11.1 Å². The van der Waals surface area contributed by atoms with E-state index < -0.39 is 73.0 Å². The van der Waals surface area contributed by atoms with E-state index in [9.17, 15) is 46.2 Å². The van der Waals surface area contributed by atoms with Gasteiger partial charge in [0.05, 0.1) is 38.5 Å². The van der Waals surface area contributed by atoms with Crippen molar-refractivity contribution in [3.63, 3.8) is 0 Å². The molecule has 384 valence electrons. The number of nitrogens with zero attached hydrogens (tertiary/aromatic N) is 6. The van der Waals surface area contributed by atoms with Crippen molar-refractivity contribution in [2.45, 2.75) is 76.6 Å². The molecule has 8 aliphatic rings. The molecule has 0 aromatic heterocycles. The molecule has 18 heteroatoms. The van der Waals surface area contributed by atoms with Crippen LogP contribution in [0.4, 0.5) is 11.4 Å². The summed E-state index contributed by atoms with van der Waals surface area (Å²) < 4.78 is 60.0. The average Bonchev–Trinajstić information content (AvgIpc) is 3.90. The first-order valence-electron chi connectivity index (χ1n) is 25.0. The number of rotatable bonds is 6. The third-order valence-electron chi connectivity index (χ3n) is 16.9. The fourth-order valence-corrected chi connectivity index (χ4v) is 17.1. The van der Waals surface area contributed by atoms with E-state index in [1.165, 1.54) is 28.4 Å². The van der Waals surface area contributed by atoms with Crippen LogP contribution in [0, 0.1) is 0 Å². The number of amides is 4. The van der Waals surface area contributed by atoms with Crippen molar-refractivity contribution in [1.29, 1.82) is 0 Å². The van der Waals surface area contributed by atoms with Crippen LogP contribution in [0.3, 0.4) is 0 Å². The van der Waals surface area contributed by atoms with Crippen LogP contribution in [0.15, 0.2) is 180 Å². The van der Waals surface area contributed by atoms with Gasteiger partial charge < -0.3 is 24.9 Å². The zero-order valence-corrected chi connectivity index (χ0v) is 42.8. The molecule has 16 nitrogen and oxygen atoms in total. The molecule has 2 N–H and O–H groups in total. The Labute approximate surface area is 439 Å². The van der Waals surface area contributed by atoms with Crippen molar-refractivity contribution in [2.75, 3.05) is 29.3 Å². The van der Waals surface area contributed by atoms with Gasteiger partial charge in [0.25, 0.3) is 31.9 Å². The highest BCUT2D eigenvalue weighted by atomic mass is 32.2. The highest BCUT2D eigenvalue weighted by Crippen LogP contribution is 2.66. The van der Waals surface area contributed by atoms with Crippen molar-refractivity contribution in [1.82, 2.24) is 19.6 Å². The molecule has 76 heavy (non-hydrogen) atoms. The lowest BCUT2D eigenvalue weighted by Crippen LogP contribution is -2.71. The fourth-order valence-electron chi connectivity index (χ4n) is 13.8. The van der Waals surface area contributed by atoms with E-state index in [2.05, 4.69) is 18.2 Å². The van der Waals surface area contributed by atoms with Gasteiger partial charge in [-0.25, -0.2) is 25.4 Å². The zero-order chi connectivity index (χ0) is 52.8. The van der Waals surface area contributed by atoms with Crippen molar-refractivity contribution in [3.8, 4) is 0 Å². The average molecular weight is 1060 g/mol. The molecule has 14 rings (SSSR count). The molecule has 4 saturated heterocycles. The van der Waals surface area contributed by atoms with Crippen LogP contribution < -0.4 is 8.61 Å². The summed E-state index contributed by atoms with van der Waals surface area (Å²) in [6.07, 6.45) is 1.40. The van der Waals surface area contributed by atoms with Gasteiger partial charge in [-0.05, 0) is 100 Å².